The van der Waals surface area contributed by atoms with E-state index in [-0.39, 0.29) is 6.61 Å². The Morgan fingerprint density at radius 3 is 2.59 bits per heavy atom. The van der Waals surface area contributed by atoms with Crippen molar-refractivity contribution >= 4 is 0 Å². The summed E-state index contributed by atoms with van der Waals surface area (Å²) in [6.07, 6.45) is 6.88. The van der Waals surface area contributed by atoms with Crippen LogP contribution in [0.2, 0.25) is 0 Å². The van der Waals surface area contributed by atoms with E-state index in [1.54, 1.807) is 7.11 Å². The molecule has 0 spiro atoms. The van der Waals surface area contributed by atoms with Gasteiger partial charge in [-0.3, -0.25) is 0 Å². The standard InChI is InChI=1S/C23H40N2O4/c1-3-28-15-9-12-24-17-20-10-11-22(27-2)23(16-20)29-19-21(26)18-25-13-7-5-4-6-8-14-25/h10-11,16,21,24,26H,3-9,12-15,17-19H2,1-2H3. The van der Waals surface area contributed by atoms with Crippen LogP contribution in [0.4, 0.5) is 0 Å². The van der Waals surface area contributed by atoms with E-state index in [1.165, 1.54) is 32.1 Å². The highest BCUT2D eigenvalue weighted by Crippen LogP contribution is 2.28. The molecule has 1 aromatic rings. The number of aliphatic hydroxyl groups is 1. The minimum atomic E-state index is -0.500. The molecule has 0 aromatic heterocycles. The fourth-order valence-electron chi connectivity index (χ4n) is 3.65. The Kier molecular flexibility index (Phi) is 12.1. The molecule has 2 N–H and O–H groups in total. The maximum absolute atomic E-state index is 10.5. The smallest absolute Gasteiger partial charge is 0.161 e. The molecule has 1 fully saturated rings. The summed E-state index contributed by atoms with van der Waals surface area (Å²) in [5.74, 6) is 1.39. The van der Waals surface area contributed by atoms with Gasteiger partial charge in [0.1, 0.15) is 12.7 Å². The fourth-order valence-corrected chi connectivity index (χ4v) is 3.65. The number of likely N-dealkylation sites (tertiary alicyclic amines) is 1. The molecular weight excluding hydrogens is 368 g/mol. The monoisotopic (exact) mass is 408 g/mol. The number of aliphatic hydroxyl groups excluding tert-OH is 1. The lowest BCUT2D eigenvalue weighted by atomic mass is 10.1. The first-order valence-electron chi connectivity index (χ1n) is 11.2. The highest BCUT2D eigenvalue weighted by molar-refractivity contribution is 5.43. The summed E-state index contributed by atoms with van der Waals surface area (Å²) in [5.41, 5.74) is 1.13. The highest BCUT2D eigenvalue weighted by Gasteiger charge is 2.15. The molecule has 1 heterocycles. The van der Waals surface area contributed by atoms with Gasteiger partial charge in [-0.15, -0.1) is 0 Å². The molecule has 1 unspecified atom stereocenters. The largest absolute Gasteiger partial charge is 0.493 e. The van der Waals surface area contributed by atoms with Gasteiger partial charge in [-0.05, 0) is 63.5 Å². The van der Waals surface area contributed by atoms with Crippen LogP contribution in [-0.4, -0.2) is 69.2 Å². The van der Waals surface area contributed by atoms with Crippen molar-refractivity contribution in [2.75, 3.05) is 53.1 Å². The quantitative estimate of drug-likeness (QED) is 0.489. The lowest BCUT2D eigenvalue weighted by Gasteiger charge is -2.26. The van der Waals surface area contributed by atoms with Crippen molar-refractivity contribution in [3.63, 3.8) is 0 Å². The van der Waals surface area contributed by atoms with Gasteiger partial charge in [0.15, 0.2) is 11.5 Å². The Hall–Kier alpha value is -1.34. The van der Waals surface area contributed by atoms with Gasteiger partial charge in [0.2, 0.25) is 0 Å². The average Bonchev–Trinajstić information content (AvgIpc) is 2.71. The van der Waals surface area contributed by atoms with E-state index in [4.69, 9.17) is 14.2 Å². The summed E-state index contributed by atoms with van der Waals surface area (Å²) in [4.78, 5) is 2.37. The number of nitrogens with one attached hydrogen (secondary N) is 1. The molecule has 6 nitrogen and oxygen atoms in total. The van der Waals surface area contributed by atoms with E-state index >= 15 is 0 Å². The number of hydrogen-bond acceptors (Lipinski definition) is 6. The van der Waals surface area contributed by atoms with E-state index < -0.39 is 6.10 Å². The number of hydrogen-bond donors (Lipinski definition) is 2. The Morgan fingerprint density at radius 1 is 1.10 bits per heavy atom. The van der Waals surface area contributed by atoms with Crippen molar-refractivity contribution in [3.8, 4) is 11.5 Å². The summed E-state index contributed by atoms with van der Waals surface area (Å²) in [7, 11) is 1.64. The third-order valence-electron chi connectivity index (χ3n) is 5.25. The molecule has 0 bridgehead atoms. The summed E-state index contributed by atoms with van der Waals surface area (Å²) < 4.78 is 16.7. The van der Waals surface area contributed by atoms with Crippen molar-refractivity contribution in [1.82, 2.24) is 10.2 Å². The van der Waals surface area contributed by atoms with Crippen LogP contribution in [0.3, 0.4) is 0 Å². The Labute approximate surface area is 176 Å². The topological polar surface area (TPSA) is 63.2 Å². The second-order valence-corrected chi connectivity index (χ2v) is 7.75. The maximum Gasteiger partial charge on any atom is 0.161 e. The van der Waals surface area contributed by atoms with Gasteiger partial charge < -0.3 is 29.5 Å². The van der Waals surface area contributed by atoms with E-state index in [9.17, 15) is 5.11 Å². The zero-order valence-electron chi connectivity index (χ0n) is 18.3. The van der Waals surface area contributed by atoms with Gasteiger partial charge in [-0.1, -0.05) is 25.3 Å². The minimum absolute atomic E-state index is 0.276. The van der Waals surface area contributed by atoms with Gasteiger partial charge in [0.05, 0.1) is 7.11 Å². The first kappa shape index (κ1) is 23.9. The summed E-state index contributed by atoms with van der Waals surface area (Å²) in [6, 6.07) is 5.96. The normalized spacial score (nSPS) is 16.8. The van der Waals surface area contributed by atoms with Crippen molar-refractivity contribution in [2.45, 2.75) is 58.1 Å². The van der Waals surface area contributed by atoms with E-state index in [0.717, 1.165) is 51.4 Å². The Bertz CT molecular complexity index is 548. The van der Waals surface area contributed by atoms with Gasteiger partial charge in [-0.25, -0.2) is 0 Å². The Balaban J connectivity index is 1.78. The number of benzene rings is 1. The lowest BCUT2D eigenvalue weighted by Crippen LogP contribution is -2.37. The van der Waals surface area contributed by atoms with Crippen molar-refractivity contribution in [3.05, 3.63) is 23.8 Å². The zero-order chi connectivity index (χ0) is 20.7. The van der Waals surface area contributed by atoms with Crippen molar-refractivity contribution in [1.29, 1.82) is 0 Å². The van der Waals surface area contributed by atoms with Gasteiger partial charge >= 0.3 is 0 Å². The lowest BCUT2D eigenvalue weighted by molar-refractivity contribution is 0.0644. The van der Waals surface area contributed by atoms with E-state index in [2.05, 4.69) is 10.2 Å². The predicted molar refractivity (Wildman–Crippen MR) is 117 cm³/mol. The fraction of sp³-hybridized carbons (Fsp3) is 0.739. The zero-order valence-corrected chi connectivity index (χ0v) is 18.3. The first-order valence-corrected chi connectivity index (χ1v) is 11.2. The second-order valence-electron chi connectivity index (χ2n) is 7.75. The van der Waals surface area contributed by atoms with Gasteiger partial charge in [-0.2, -0.15) is 0 Å². The molecule has 166 valence electrons. The molecule has 1 aromatic carbocycles. The van der Waals surface area contributed by atoms with Crippen molar-refractivity contribution in [2.24, 2.45) is 0 Å². The molecule has 6 heteroatoms. The van der Waals surface area contributed by atoms with E-state index in [0.29, 0.717) is 18.0 Å². The third kappa shape index (κ3) is 9.81. The molecule has 0 amide bonds. The molecule has 0 saturated carbocycles. The summed E-state index contributed by atoms with van der Waals surface area (Å²) in [6.45, 7) is 8.34. The highest BCUT2D eigenvalue weighted by atomic mass is 16.5. The van der Waals surface area contributed by atoms with Crippen molar-refractivity contribution < 1.29 is 19.3 Å². The van der Waals surface area contributed by atoms with E-state index in [1.807, 2.05) is 25.1 Å². The molecule has 0 radical (unpaired) electrons. The maximum atomic E-state index is 10.5. The molecule has 0 aliphatic carbocycles. The van der Waals surface area contributed by atoms with Crippen LogP contribution in [0.1, 0.15) is 51.0 Å². The van der Waals surface area contributed by atoms with Crippen LogP contribution in [0.15, 0.2) is 18.2 Å². The summed E-state index contributed by atoms with van der Waals surface area (Å²) in [5, 5.41) is 13.9. The van der Waals surface area contributed by atoms with Crippen LogP contribution in [-0.2, 0) is 11.3 Å². The van der Waals surface area contributed by atoms with Crippen LogP contribution in [0.5, 0.6) is 11.5 Å². The van der Waals surface area contributed by atoms with Gasteiger partial charge in [0.25, 0.3) is 0 Å². The molecule has 29 heavy (non-hydrogen) atoms. The van der Waals surface area contributed by atoms with Crippen LogP contribution in [0, 0.1) is 0 Å². The second kappa shape index (κ2) is 14.6. The number of rotatable bonds is 13. The van der Waals surface area contributed by atoms with Crippen LogP contribution < -0.4 is 14.8 Å². The molecule has 1 atom stereocenters. The minimum Gasteiger partial charge on any atom is -0.493 e. The van der Waals surface area contributed by atoms with Crippen LogP contribution in [0.25, 0.3) is 0 Å². The number of β-amino-alcohol motifs (C(OH)–C–C–N with tert-alkyl or cyclic N) is 1. The number of nitrogens with zero attached hydrogens (tertiary/aromatic N) is 1. The predicted octanol–water partition coefficient (Wildman–Crippen LogP) is 3.22. The summed E-state index contributed by atoms with van der Waals surface area (Å²) >= 11 is 0. The average molecular weight is 409 g/mol. The Morgan fingerprint density at radius 2 is 1.86 bits per heavy atom. The molecule has 1 saturated heterocycles. The molecular formula is C23H40N2O4. The molecule has 1 aliphatic heterocycles. The first-order chi connectivity index (χ1) is 14.2. The van der Waals surface area contributed by atoms with Crippen LogP contribution >= 0.6 is 0 Å². The van der Waals surface area contributed by atoms with Gasteiger partial charge in [0, 0.05) is 26.3 Å². The number of methoxy groups -OCH3 is 1. The SMILES string of the molecule is CCOCCCNCc1ccc(OC)c(OCC(O)CN2CCCCCCC2)c1. The molecule has 1 aliphatic rings. The number of ether oxygens (including phenoxy) is 3. The molecule has 2 rings (SSSR count). The third-order valence-corrected chi connectivity index (χ3v) is 5.25.